The normalized spacial score (nSPS) is 14.1. The van der Waals surface area contributed by atoms with Gasteiger partial charge in [0.05, 0.1) is 44.2 Å². The molecule has 43 heavy (non-hydrogen) atoms. The van der Waals surface area contributed by atoms with Crippen molar-refractivity contribution in [1.29, 1.82) is 0 Å². The molecule has 2 rings (SSSR count). The average Bonchev–Trinajstić information content (AvgIpc) is 2.95. The summed E-state index contributed by atoms with van der Waals surface area (Å²) >= 11 is 0. The van der Waals surface area contributed by atoms with Crippen LogP contribution in [0.3, 0.4) is 0 Å². The summed E-state index contributed by atoms with van der Waals surface area (Å²) in [4.78, 5) is 24.3. The van der Waals surface area contributed by atoms with Gasteiger partial charge in [-0.25, -0.2) is 9.59 Å². The largest absolute Gasteiger partial charge is 0.508 e. The standard InChI is InChI=1S/C29H40O14/c1-17-5-19(6-23(32)18(17)2)27(36)42-11-21(30)9-39-14-29(3,13-38-4)15-41-16-40-10-22(31)12-43-28(37)20-7-24(33)26(35)25(34)8-20/h5-8,21-22,30-35H,9-16H2,1-4H3. The number of carbonyl (C=O) groups excluding carboxylic acids is 2. The lowest BCUT2D eigenvalue weighted by Gasteiger charge is -2.28. The molecule has 0 fully saturated rings. The Morgan fingerprint density at radius 2 is 1.21 bits per heavy atom. The number of aliphatic hydroxyl groups excluding tert-OH is 2. The number of methoxy groups -OCH3 is 1. The van der Waals surface area contributed by atoms with Gasteiger partial charge >= 0.3 is 11.9 Å². The lowest BCUT2D eigenvalue weighted by molar-refractivity contribution is -0.126. The molecule has 0 aliphatic heterocycles. The quantitative estimate of drug-likeness (QED) is 0.0610. The van der Waals surface area contributed by atoms with Crippen LogP contribution in [0.4, 0.5) is 0 Å². The fourth-order valence-corrected chi connectivity index (χ4v) is 3.73. The van der Waals surface area contributed by atoms with E-state index in [1.165, 1.54) is 13.2 Å². The van der Waals surface area contributed by atoms with Crippen molar-refractivity contribution >= 4 is 11.9 Å². The maximum Gasteiger partial charge on any atom is 0.338 e. The van der Waals surface area contributed by atoms with Gasteiger partial charge in [0.15, 0.2) is 17.2 Å². The SMILES string of the molecule is COCC(C)(COCOCC(O)COC(=O)c1cc(O)c(O)c(O)c1)COCC(O)COC(=O)c1cc(C)c(C)c(O)c1. The third-order valence-electron chi connectivity index (χ3n) is 6.18. The number of rotatable bonds is 18. The third kappa shape index (κ3) is 11.5. The van der Waals surface area contributed by atoms with E-state index in [1.807, 2.05) is 6.92 Å². The van der Waals surface area contributed by atoms with E-state index in [1.54, 1.807) is 19.9 Å². The molecule has 14 heteroatoms. The molecule has 3 unspecified atom stereocenters. The lowest BCUT2D eigenvalue weighted by atomic mass is 9.94. The average molecular weight is 613 g/mol. The Morgan fingerprint density at radius 3 is 1.74 bits per heavy atom. The van der Waals surface area contributed by atoms with Crippen molar-refractivity contribution in [2.24, 2.45) is 5.41 Å². The first kappa shape index (κ1) is 35.5. The Hall–Kier alpha value is -3.66. The first-order valence-corrected chi connectivity index (χ1v) is 13.2. The molecule has 14 nitrogen and oxygen atoms in total. The summed E-state index contributed by atoms with van der Waals surface area (Å²) in [5, 5.41) is 58.4. The van der Waals surface area contributed by atoms with Crippen LogP contribution in [-0.2, 0) is 28.4 Å². The first-order chi connectivity index (χ1) is 20.3. The van der Waals surface area contributed by atoms with E-state index in [2.05, 4.69) is 0 Å². The highest BCUT2D eigenvalue weighted by molar-refractivity contribution is 5.91. The number of ether oxygens (including phenoxy) is 6. The van der Waals surface area contributed by atoms with Gasteiger partial charge in [0.25, 0.3) is 0 Å². The molecule has 6 N–H and O–H groups in total. The fraction of sp³-hybridized carbons (Fsp3) is 0.517. The number of phenolic OH excluding ortho intramolecular Hbond substituents is 4. The van der Waals surface area contributed by atoms with Crippen molar-refractivity contribution < 1.29 is 68.6 Å². The Labute approximate surface area is 248 Å². The van der Waals surface area contributed by atoms with Gasteiger partial charge in [0, 0.05) is 12.5 Å². The monoisotopic (exact) mass is 612 g/mol. The Balaban J connectivity index is 1.66. The molecule has 0 saturated carbocycles. The Kier molecular flexibility index (Phi) is 13.9. The van der Waals surface area contributed by atoms with E-state index in [4.69, 9.17) is 28.4 Å². The van der Waals surface area contributed by atoms with Gasteiger partial charge in [-0.1, -0.05) is 6.92 Å². The summed E-state index contributed by atoms with van der Waals surface area (Å²) in [7, 11) is 1.51. The zero-order valence-electron chi connectivity index (χ0n) is 24.6. The molecule has 2 aromatic rings. The second-order valence-electron chi connectivity index (χ2n) is 10.4. The van der Waals surface area contributed by atoms with Crippen molar-refractivity contribution in [3.63, 3.8) is 0 Å². The minimum atomic E-state index is -1.20. The highest BCUT2D eigenvalue weighted by Crippen LogP contribution is 2.35. The van der Waals surface area contributed by atoms with Crippen LogP contribution >= 0.6 is 0 Å². The molecule has 0 radical (unpaired) electrons. The number of hydrogen-bond donors (Lipinski definition) is 6. The minimum absolute atomic E-state index is 0.0188. The van der Waals surface area contributed by atoms with Crippen LogP contribution in [0.1, 0.15) is 38.8 Å². The molecule has 0 amide bonds. The van der Waals surface area contributed by atoms with Gasteiger partial charge in [-0.2, -0.15) is 0 Å². The second-order valence-corrected chi connectivity index (χ2v) is 10.4. The molecular formula is C29H40O14. The van der Waals surface area contributed by atoms with E-state index < -0.39 is 53.4 Å². The minimum Gasteiger partial charge on any atom is -0.508 e. The molecule has 0 saturated heterocycles. The zero-order chi connectivity index (χ0) is 32.2. The topological polar surface area (TPSA) is 211 Å². The molecule has 0 heterocycles. The zero-order valence-corrected chi connectivity index (χ0v) is 24.6. The van der Waals surface area contributed by atoms with Crippen LogP contribution in [0.5, 0.6) is 23.0 Å². The van der Waals surface area contributed by atoms with E-state index >= 15 is 0 Å². The number of hydrogen-bond acceptors (Lipinski definition) is 14. The number of aromatic hydroxyl groups is 4. The van der Waals surface area contributed by atoms with Gasteiger partial charge in [0.2, 0.25) is 0 Å². The van der Waals surface area contributed by atoms with Crippen molar-refractivity contribution in [2.75, 3.05) is 60.2 Å². The van der Waals surface area contributed by atoms with E-state index in [-0.39, 0.29) is 63.3 Å². The molecule has 2 aromatic carbocycles. The summed E-state index contributed by atoms with van der Waals surface area (Å²) in [6.45, 7) is 4.48. The number of carbonyl (C=O) groups is 2. The number of esters is 2. The Morgan fingerprint density at radius 1 is 0.721 bits per heavy atom. The van der Waals surface area contributed by atoms with E-state index in [0.29, 0.717) is 5.56 Å². The molecule has 0 aliphatic carbocycles. The van der Waals surface area contributed by atoms with E-state index in [9.17, 15) is 40.2 Å². The van der Waals surface area contributed by atoms with Crippen LogP contribution in [-0.4, -0.2) is 115 Å². The van der Waals surface area contributed by atoms with Crippen molar-refractivity contribution in [3.8, 4) is 23.0 Å². The predicted molar refractivity (Wildman–Crippen MR) is 149 cm³/mol. The van der Waals surface area contributed by atoms with Gasteiger partial charge in [0.1, 0.15) is 38.0 Å². The van der Waals surface area contributed by atoms with Gasteiger partial charge in [-0.15, -0.1) is 0 Å². The summed E-state index contributed by atoms with van der Waals surface area (Å²) < 4.78 is 31.6. The molecule has 3 atom stereocenters. The van der Waals surface area contributed by atoms with E-state index in [0.717, 1.165) is 17.7 Å². The number of aryl methyl sites for hydroxylation is 1. The summed E-state index contributed by atoms with van der Waals surface area (Å²) in [6.07, 6.45) is -2.29. The number of benzene rings is 2. The van der Waals surface area contributed by atoms with Crippen LogP contribution < -0.4 is 0 Å². The van der Waals surface area contributed by atoms with Crippen LogP contribution in [0.2, 0.25) is 0 Å². The first-order valence-electron chi connectivity index (χ1n) is 13.2. The van der Waals surface area contributed by atoms with Crippen LogP contribution in [0.25, 0.3) is 0 Å². The smallest absolute Gasteiger partial charge is 0.338 e. The number of aliphatic hydroxyl groups is 2. The molecule has 0 bridgehead atoms. The maximum absolute atomic E-state index is 12.3. The van der Waals surface area contributed by atoms with Crippen molar-refractivity contribution in [3.05, 3.63) is 46.5 Å². The molecule has 240 valence electrons. The summed E-state index contributed by atoms with van der Waals surface area (Å²) in [5.74, 6) is -3.82. The predicted octanol–water partition coefficient (Wildman–Crippen LogP) is 1.52. The van der Waals surface area contributed by atoms with Gasteiger partial charge in [-0.05, 0) is 49.2 Å². The summed E-state index contributed by atoms with van der Waals surface area (Å²) in [5.41, 5.74) is 0.700. The lowest BCUT2D eigenvalue weighted by Crippen LogP contribution is -2.36. The molecule has 0 spiro atoms. The van der Waals surface area contributed by atoms with Crippen molar-refractivity contribution in [1.82, 2.24) is 0 Å². The summed E-state index contributed by atoms with van der Waals surface area (Å²) in [6, 6.07) is 4.72. The molecule has 0 aromatic heterocycles. The van der Waals surface area contributed by atoms with Gasteiger partial charge in [-0.3, -0.25) is 0 Å². The van der Waals surface area contributed by atoms with Crippen LogP contribution in [0.15, 0.2) is 24.3 Å². The van der Waals surface area contributed by atoms with Crippen molar-refractivity contribution in [2.45, 2.75) is 33.0 Å². The second kappa shape index (κ2) is 16.8. The fourth-order valence-electron chi connectivity index (χ4n) is 3.73. The third-order valence-corrected chi connectivity index (χ3v) is 6.18. The highest BCUT2D eigenvalue weighted by atomic mass is 16.7. The highest BCUT2D eigenvalue weighted by Gasteiger charge is 2.26. The van der Waals surface area contributed by atoms with Gasteiger partial charge < -0.3 is 59.1 Å². The Bertz CT molecular complexity index is 1170. The maximum atomic E-state index is 12.3. The molecule has 0 aliphatic rings. The number of phenols is 4. The van der Waals surface area contributed by atoms with Crippen LogP contribution in [0, 0.1) is 19.3 Å². The molecular weight excluding hydrogens is 572 g/mol.